The van der Waals surface area contributed by atoms with E-state index in [-0.39, 0.29) is 0 Å². The Morgan fingerprint density at radius 2 is 1.72 bits per heavy atom. The smallest absolute Gasteiger partial charge is 0.148 e. The standard InChI is InChI=1S/C20H28ClN3O/c1-6-13(7-2)22-20-18(9-4)23-19(17(8-3)24-20)15-11-10-14(25-5)12-16(15)21/h10-13H,6-9H2,1-5H3,(H,22,24). The van der Waals surface area contributed by atoms with Crippen LogP contribution in [0.25, 0.3) is 11.3 Å². The molecule has 0 spiro atoms. The monoisotopic (exact) mass is 361 g/mol. The number of aromatic nitrogens is 2. The number of rotatable bonds is 8. The molecule has 2 aromatic rings. The average Bonchev–Trinajstić information content (AvgIpc) is 2.65. The molecule has 0 aliphatic rings. The van der Waals surface area contributed by atoms with Crippen LogP contribution in [0.1, 0.15) is 51.9 Å². The van der Waals surface area contributed by atoms with Gasteiger partial charge in [-0.3, -0.25) is 0 Å². The third-order valence-electron chi connectivity index (χ3n) is 4.47. The molecule has 0 saturated heterocycles. The highest BCUT2D eigenvalue weighted by Crippen LogP contribution is 2.33. The number of aryl methyl sites for hydroxylation is 2. The van der Waals surface area contributed by atoms with Crippen molar-refractivity contribution >= 4 is 17.4 Å². The zero-order valence-corrected chi connectivity index (χ0v) is 16.6. The molecule has 1 N–H and O–H groups in total. The number of anilines is 1. The fourth-order valence-corrected chi connectivity index (χ4v) is 3.09. The summed E-state index contributed by atoms with van der Waals surface area (Å²) in [6, 6.07) is 6.10. The molecule has 0 amide bonds. The number of nitrogens with one attached hydrogen (secondary N) is 1. The highest BCUT2D eigenvalue weighted by atomic mass is 35.5. The molecular weight excluding hydrogens is 334 g/mol. The van der Waals surface area contributed by atoms with Crippen molar-refractivity contribution in [3.63, 3.8) is 0 Å². The highest BCUT2D eigenvalue weighted by Gasteiger charge is 2.17. The molecule has 5 heteroatoms. The maximum absolute atomic E-state index is 6.47. The van der Waals surface area contributed by atoms with Crippen molar-refractivity contribution in [1.82, 2.24) is 9.97 Å². The maximum Gasteiger partial charge on any atom is 0.148 e. The first-order chi connectivity index (χ1) is 12.1. The molecule has 25 heavy (non-hydrogen) atoms. The summed E-state index contributed by atoms with van der Waals surface area (Å²) in [5.74, 6) is 1.64. The Labute approximate surface area is 156 Å². The Hall–Kier alpha value is -1.81. The van der Waals surface area contributed by atoms with Gasteiger partial charge in [0.1, 0.15) is 11.6 Å². The maximum atomic E-state index is 6.47. The van der Waals surface area contributed by atoms with Crippen LogP contribution in [-0.4, -0.2) is 23.1 Å². The molecule has 0 aliphatic heterocycles. The van der Waals surface area contributed by atoms with Crippen LogP contribution in [0.3, 0.4) is 0 Å². The van der Waals surface area contributed by atoms with Gasteiger partial charge < -0.3 is 10.1 Å². The minimum atomic E-state index is 0.416. The van der Waals surface area contributed by atoms with Crippen molar-refractivity contribution in [2.45, 2.75) is 59.4 Å². The number of ether oxygens (including phenoxy) is 1. The first-order valence-corrected chi connectivity index (χ1v) is 9.45. The van der Waals surface area contributed by atoms with Crippen molar-refractivity contribution in [1.29, 1.82) is 0 Å². The molecule has 1 aromatic heterocycles. The quantitative estimate of drug-likeness (QED) is 0.671. The summed E-state index contributed by atoms with van der Waals surface area (Å²) in [6.45, 7) is 8.57. The van der Waals surface area contributed by atoms with Gasteiger partial charge in [-0.1, -0.05) is 39.3 Å². The lowest BCUT2D eigenvalue weighted by Gasteiger charge is -2.20. The SMILES string of the molecule is CCc1nc(-c2ccc(OC)cc2Cl)c(CC)nc1NC(CC)CC. The number of hydrogen-bond donors (Lipinski definition) is 1. The third-order valence-corrected chi connectivity index (χ3v) is 4.78. The summed E-state index contributed by atoms with van der Waals surface area (Å²) >= 11 is 6.47. The molecule has 2 rings (SSSR count). The van der Waals surface area contributed by atoms with E-state index in [9.17, 15) is 0 Å². The number of hydrogen-bond acceptors (Lipinski definition) is 4. The topological polar surface area (TPSA) is 47.0 Å². The van der Waals surface area contributed by atoms with Gasteiger partial charge >= 0.3 is 0 Å². The van der Waals surface area contributed by atoms with Gasteiger partial charge in [-0.2, -0.15) is 0 Å². The Balaban J connectivity index is 2.52. The van der Waals surface area contributed by atoms with Crippen LogP contribution in [-0.2, 0) is 12.8 Å². The van der Waals surface area contributed by atoms with E-state index in [0.717, 1.165) is 59.9 Å². The molecule has 0 aliphatic carbocycles. The number of benzene rings is 1. The number of halogens is 1. The zero-order valence-electron chi connectivity index (χ0n) is 15.8. The van der Waals surface area contributed by atoms with E-state index in [1.165, 1.54) is 0 Å². The van der Waals surface area contributed by atoms with Crippen LogP contribution in [0.4, 0.5) is 5.82 Å². The minimum absolute atomic E-state index is 0.416. The summed E-state index contributed by atoms with van der Waals surface area (Å²) in [7, 11) is 1.64. The van der Waals surface area contributed by atoms with Crippen molar-refractivity contribution in [3.05, 3.63) is 34.6 Å². The molecule has 0 atom stereocenters. The molecule has 1 aromatic carbocycles. The highest BCUT2D eigenvalue weighted by molar-refractivity contribution is 6.33. The van der Waals surface area contributed by atoms with Crippen LogP contribution in [0, 0.1) is 0 Å². The second-order valence-electron chi connectivity index (χ2n) is 6.02. The van der Waals surface area contributed by atoms with Gasteiger partial charge in [0.15, 0.2) is 0 Å². The lowest BCUT2D eigenvalue weighted by molar-refractivity contribution is 0.415. The Morgan fingerprint density at radius 1 is 1.04 bits per heavy atom. The molecule has 136 valence electrons. The molecule has 1 heterocycles. The van der Waals surface area contributed by atoms with Crippen LogP contribution < -0.4 is 10.1 Å². The number of nitrogens with zero attached hydrogens (tertiary/aromatic N) is 2. The van der Waals surface area contributed by atoms with E-state index in [0.29, 0.717) is 11.1 Å². The zero-order chi connectivity index (χ0) is 18.4. The summed E-state index contributed by atoms with van der Waals surface area (Å²) in [4.78, 5) is 9.81. The van der Waals surface area contributed by atoms with Crippen molar-refractivity contribution in [2.75, 3.05) is 12.4 Å². The Kier molecular flexibility index (Phi) is 7.06. The summed E-state index contributed by atoms with van der Waals surface area (Å²) in [5.41, 5.74) is 3.70. The van der Waals surface area contributed by atoms with Crippen molar-refractivity contribution < 1.29 is 4.74 Å². The van der Waals surface area contributed by atoms with Crippen LogP contribution in [0.5, 0.6) is 5.75 Å². The van der Waals surface area contributed by atoms with Gasteiger partial charge in [0, 0.05) is 11.6 Å². The fraction of sp³-hybridized carbons (Fsp3) is 0.500. The van der Waals surface area contributed by atoms with E-state index >= 15 is 0 Å². The van der Waals surface area contributed by atoms with E-state index in [2.05, 4.69) is 33.0 Å². The molecule has 0 saturated carbocycles. The van der Waals surface area contributed by atoms with E-state index in [1.54, 1.807) is 7.11 Å². The second-order valence-corrected chi connectivity index (χ2v) is 6.43. The fourth-order valence-electron chi connectivity index (χ4n) is 2.83. The van der Waals surface area contributed by atoms with E-state index < -0.39 is 0 Å². The molecule has 0 bridgehead atoms. The van der Waals surface area contributed by atoms with Gasteiger partial charge in [0.25, 0.3) is 0 Å². The Bertz CT molecular complexity index is 714. The summed E-state index contributed by atoms with van der Waals surface area (Å²) < 4.78 is 5.24. The lowest BCUT2D eigenvalue weighted by Crippen LogP contribution is -2.20. The van der Waals surface area contributed by atoms with Gasteiger partial charge in [0.2, 0.25) is 0 Å². The third kappa shape index (κ3) is 4.43. The first kappa shape index (κ1) is 19.5. The predicted octanol–water partition coefficient (Wildman–Crippen LogP) is 5.53. The van der Waals surface area contributed by atoms with Crippen LogP contribution in [0.2, 0.25) is 5.02 Å². The van der Waals surface area contributed by atoms with Crippen molar-refractivity contribution in [3.8, 4) is 17.0 Å². The predicted molar refractivity (Wildman–Crippen MR) is 106 cm³/mol. The molecule has 0 radical (unpaired) electrons. The second kappa shape index (κ2) is 9.04. The van der Waals surface area contributed by atoms with Gasteiger partial charge in [-0.15, -0.1) is 0 Å². The van der Waals surface area contributed by atoms with Crippen LogP contribution >= 0.6 is 11.6 Å². The van der Waals surface area contributed by atoms with Gasteiger partial charge in [-0.05, 0) is 43.9 Å². The Morgan fingerprint density at radius 3 is 2.24 bits per heavy atom. The first-order valence-electron chi connectivity index (χ1n) is 9.07. The number of methoxy groups -OCH3 is 1. The van der Waals surface area contributed by atoms with Crippen LogP contribution in [0.15, 0.2) is 18.2 Å². The molecule has 0 unspecified atom stereocenters. The summed E-state index contributed by atoms with van der Waals surface area (Å²) in [6.07, 6.45) is 3.75. The summed E-state index contributed by atoms with van der Waals surface area (Å²) in [5, 5.41) is 4.19. The molecule has 4 nitrogen and oxygen atoms in total. The van der Waals surface area contributed by atoms with Crippen molar-refractivity contribution in [2.24, 2.45) is 0 Å². The normalized spacial score (nSPS) is 11.0. The lowest BCUT2D eigenvalue weighted by atomic mass is 10.1. The minimum Gasteiger partial charge on any atom is -0.497 e. The van der Waals surface area contributed by atoms with Gasteiger partial charge in [-0.25, -0.2) is 9.97 Å². The van der Waals surface area contributed by atoms with E-state index in [4.69, 9.17) is 26.3 Å². The largest absolute Gasteiger partial charge is 0.497 e. The molecular formula is C20H28ClN3O. The van der Waals surface area contributed by atoms with E-state index in [1.807, 2.05) is 18.2 Å². The van der Waals surface area contributed by atoms with Gasteiger partial charge in [0.05, 0.1) is 29.2 Å². The molecule has 0 fully saturated rings. The average molecular weight is 362 g/mol.